The molecule has 5 rings (SSSR count). The van der Waals surface area contributed by atoms with E-state index in [2.05, 4.69) is 27.8 Å². The number of fused-ring (bicyclic) bond motifs is 1. The summed E-state index contributed by atoms with van der Waals surface area (Å²) in [5.41, 5.74) is 1.97. The quantitative estimate of drug-likeness (QED) is 0.879. The Morgan fingerprint density at radius 2 is 1.81 bits per heavy atom. The zero-order valence-electron chi connectivity index (χ0n) is 15.7. The molecule has 6 heteroatoms. The summed E-state index contributed by atoms with van der Waals surface area (Å²) in [4.78, 5) is 0. The Kier molecular flexibility index (Phi) is 4.95. The molecule has 1 saturated carbocycles. The fraction of sp³-hybridized carbons (Fsp3) is 0.619. The highest BCUT2D eigenvalue weighted by Crippen LogP contribution is 2.34. The van der Waals surface area contributed by atoms with Gasteiger partial charge in [-0.3, -0.25) is 0 Å². The Hall–Kier alpha value is -1.76. The topological polar surface area (TPSA) is 61.2 Å². The molecule has 0 radical (unpaired) electrons. The van der Waals surface area contributed by atoms with Crippen molar-refractivity contribution < 1.29 is 9.47 Å². The number of nitrogens with one attached hydrogen (secondary N) is 1. The van der Waals surface area contributed by atoms with Crippen LogP contribution in [-0.2, 0) is 9.47 Å². The third-order valence-electron chi connectivity index (χ3n) is 6.34. The third kappa shape index (κ3) is 3.53. The number of rotatable bonds is 5. The van der Waals surface area contributed by atoms with Crippen molar-refractivity contribution in [1.82, 2.24) is 20.3 Å². The van der Waals surface area contributed by atoms with Crippen LogP contribution < -0.4 is 5.32 Å². The van der Waals surface area contributed by atoms with Crippen LogP contribution in [0.15, 0.2) is 36.5 Å². The molecule has 0 bridgehead atoms. The monoisotopic (exact) mass is 368 g/mol. The Balaban J connectivity index is 1.22. The molecule has 3 heterocycles. The highest BCUT2D eigenvalue weighted by Gasteiger charge is 2.48. The molecule has 1 aliphatic carbocycles. The maximum absolute atomic E-state index is 6.14. The molecule has 1 N–H and O–H groups in total. The Morgan fingerprint density at radius 1 is 1.00 bits per heavy atom. The lowest BCUT2D eigenvalue weighted by molar-refractivity contribution is 0.0618. The van der Waals surface area contributed by atoms with Crippen molar-refractivity contribution in [1.29, 1.82) is 0 Å². The Morgan fingerprint density at radius 3 is 2.67 bits per heavy atom. The van der Waals surface area contributed by atoms with Crippen molar-refractivity contribution in [2.75, 3.05) is 19.8 Å². The molecule has 4 unspecified atom stereocenters. The van der Waals surface area contributed by atoms with Gasteiger partial charge < -0.3 is 14.8 Å². The molecule has 1 aromatic carbocycles. The Bertz CT molecular complexity index is 744. The zero-order chi connectivity index (χ0) is 18.1. The molecule has 1 aromatic heterocycles. The zero-order valence-corrected chi connectivity index (χ0v) is 15.7. The fourth-order valence-electron chi connectivity index (χ4n) is 4.77. The van der Waals surface area contributed by atoms with Crippen LogP contribution in [0.2, 0.25) is 0 Å². The van der Waals surface area contributed by atoms with Crippen LogP contribution in [0.3, 0.4) is 0 Å². The number of hydrogen-bond acceptors (Lipinski definition) is 5. The highest BCUT2D eigenvalue weighted by molar-refractivity contribution is 5.57. The maximum Gasteiger partial charge on any atom is 0.113 e. The van der Waals surface area contributed by atoms with Gasteiger partial charge >= 0.3 is 0 Å². The highest BCUT2D eigenvalue weighted by atomic mass is 16.6. The summed E-state index contributed by atoms with van der Waals surface area (Å²) < 4.78 is 14.2. The average Bonchev–Trinajstić information content (AvgIpc) is 3.44. The molecule has 2 aliphatic heterocycles. The van der Waals surface area contributed by atoms with Gasteiger partial charge in [-0.2, -0.15) is 0 Å². The lowest BCUT2D eigenvalue weighted by Gasteiger charge is -2.25. The van der Waals surface area contributed by atoms with Crippen molar-refractivity contribution in [2.24, 2.45) is 5.92 Å². The van der Waals surface area contributed by atoms with Crippen molar-refractivity contribution in [3.63, 3.8) is 0 Å². The van der Waals surface area contributed by atoms with Crippen LogP contribution in [-0.4, -0.2) is 53.0 Å². The first-order valence-electron chi connectivity index (χ1n) is 10.3. The summed E-state index contributed by atoms with van der Waals surface area (Å²) in [6, 6.07) is 10.5. The molecule has 3 fully saturated rings. The van der Waals surface area contributed by atoms with Gasteiger partial charge in [0.1, 0.15) is 23.9 Å². The van der Waals surface area contributed by atoms with Crippen LogP contribution in [0.25, 0.3) is 11.3 Å². The van der Waals surface area contributed by atoms with E-state index in [1.165, 1.54) is 32.1 Å². The van der Waals surface area contributed by atoms with Gasteiger partial charge in [-0.05, 0) is 25.3 Å². The first kappa shape index (κ1) is 17.3. The maximum atomic E-state index is 6.14. The lowest BCUT2D eigenvalue weighted by atomic mass is 9.89. The number of nitrogens with zero attached hydrogens (tertiary/aromatic N) is 3. The van der Waals surface area contributed by atoms with Crippen LogP contribution in [0, 0.1) is 5.92 Å². The minimum absolute atomic E-state index is 0.0548. The SMILES string of the molecule is c1ccc(-c2cn(C3COC4C(NCC5CCCCC5)COC43)nn2)cc1. The largest absolute Gasteiger partial charge is 0.371 e. The van der Waals surface area contributed by atoms with Gasteiger partial charge in [0.05, 0.1) is 25.5 Å². The Labute approximate surface area is 160 Å². The predicted octanol–water partition coefficient (Wildman–Crippen LogP) is 2.82. The molecular formula is C21H28N4O2. The van der Waals surface area contributed by atoms with Crippen LogP contribution in [0.4, 0.5) is 0 Å². The molecule has 27 heavy (non-hydrogen) atoms. The number of ether oxygens (including phenoxy) is 2. The summed E-state index contributed by atoms with van der Waals surface area (Å²) in [6.45, 7) is 2.44. The van der Waals surface area contributed by atoms with E-state index in [1.807, 2.05) is 29.1 Å². The van der Waals surface area contributed by atoms with E-state index in [4.69, 9.17) is 9.47 Å². The van der Waals surface area contributed by atoms with Crippen LogP contribution in [0.1, 0.15) is 38.1 Å². The van der Waals surface area contributed by atoms with Gasteiger partial charge in [-0.25, -0.2) is 4.68 Å². The van der Waals surface area contributed by atoms with E-state index >= 15 is 0 Å². The lowest BCUT2D eigenvalue weighted by Crippen LogP contribution is -2.43. The van der Waals surface area contributed by atoms with Crippen LogP contribution in [0.5, 0.6) is 0 Å². The van der Waals surface area contributed by atoms with Gasteiger partial charge in [0.2, 0.25) is 0 Å². The summed E-state index contributed by atoms with van der Waals surface area (Å²) in [5.74, 6) is 0.818. The third-order valence-corrected chi connectivity index (χ3v) is 6.34. The van der Waals surface area contributed by atoms with E-state index in [0.717, 1.165) is 30.3 Å². The van der Waals surface area contributed by atoms with Gasteiger partial charge in [-0.15, -0.1) is 5.10 Å². The summed E-state index contributed by atoms with van der Waals surface area (Å²) in [6.07, 6.45) is 9.07. The summed E-state index contributed by atoms with van der Waals surface area (Å²) in [5, 5.41) is 12.4. The second-order valence-electron chi connectivity index (χ2n) is 8.13. The standard InChI is InChI=1S/C21H28N4O2/c1-3-7-15(8-4-1)11-22-18-13-26-21-19(14-27-20(18)21)25-12-17(23-24-25)16-9-5-2-6-10-16/h2,5-6,9-10,12,15,18-22H,1,3-4,7-8,11,13-14H2. The molecular weight excluding hydrogens is 340 g/mol. The number of aromatic nitrogens is 3. The van der Waals surface area contributed by atoms with Gasteiger partial charge in [0, 0.05) is 5.56 Å². The molecule has 2 saturated heterocycles. The predicted molar refractivity (Wildman–Crippen MR) is 102 cm³/mol. The molecule has 144 valence electrons. The van der Waals surface area contributed by atoms with Crippen molar-refractivity contribution in [3.05, 3.63) is 36.5 Å². The first-order valence-corrected chi connectivity index (χ1v) is 10.3. The van der Waals surface area contributed by atoms with Crippen molar-refractivity contribution in [2.45, 2.75) is 56.4 Å². The van der Waals surface area contributed by atoms with Gasteiger partial charge in [0.15, 0.2) is 0 Å². The molecule has 3 aliphatic rings. The smallest absolute Gasteiger partial charge is 0.113 e. The number of benzene rings is 1. The van der Waals surface area contributed by atoms with E-state index in [0.29, 0.717) is 12.6 Å². The van der Waals surface area contributed by atoms with Crippen LogP contribution >= 0.6 is 0 Å². The van der Waals surface area contributed by atoms with E-state index in [1.54, 1.807) is 0 Å². The first-order chi connectivity index (χ1) is 13.4. The van der Waals surface area contributed by atoms with E-state index < -0.39 is 0 Å². The van der Waals surface area contributed by atoms with Gasteiger partial charge in [0.25, 0.3) is 0 Å². The summed E-state index contributed by atoms with van der Waals surface area (Å²) >= 11 is 0. The molecule has 6 nitrogen and oxygen atoms in total. The number of hydrogen-bond donors (Lipinski definition) is 1. The normalized spacial score (nSPS) is 31.3. The molecule has 0 spiro atoms. The molecule has 4 atom stereocenters. The average molecular weight is 368 g/mol. The molecule has 0 amide bonds. The van der Waals surface area contributed by atoms with E-state index in [9.17, 15) is 0 Å². The summed E-state index contributed by atoms with van der Waals surface area (Å²) in [7, 11) is 0. The fourth-order valence-corrected chi connectivity index (χ4v) is 4.77. The minimum atomic E-state index is 0.0548. The second kappa shape index (κ2) is 7.70. The van der Waals surface area contributed by atoms with E-state index in [-0.39, 0.29) is 18.2 Å². The second-order valence-corrected chi connectivity index (χ2v) is 8.13. The minimum Gasteiger partial charge on any atom is -0.371 e. The van der Waals surface area contributed by atoms with Gasteiger partial charge in [-0.1, -0.05) is 54.8 Å². The van der Waals surface area contributed by atoms with Crippen molar-refractivity contribution in [3.8, 4) is 11.3 Å². The molecule has 2 aromatic rings. The van der Waals surface area contributed by atoms with Crippen molar-refractivity contribution >= 4 is 0 Å².